The molecule has 48 heavy (non-hydrogen) atoms. The van der Waals surface area contributed by atoms with Crippen molar-refractivity contribution in [2.45, 2.75) is 25.6 Å². The fraction of sp³-hybridized carbons (Fsp3) is 0.214. The molecule has 0 unspecified atom stereocenters. The van der Waals surface area contributed by atoms with E-state index in [1.807, 2.05) is 70.3 Å². The Morgan fingerprint density at radius 3 is 1.44 bits per heavy atom. The third kappa shape index (κ3) is 13.8. The molecule has 0 bridgehead atoms. The van der Waals surface area contributed by atoms with E-state index < -0.39 is 45.0 Å². The van der Waals surface area contributed by atoms with Gasteiger partial charge in [-0.1, -0.05) is 30.3 Å². The van der Waals surface area contributed by atoms with E-state index >= 15 is 0 Å². The van der Waals surface area contributed by atoms with E-state index in [0.717, 1.165) is 0 Å². The van der Waals surface area contributed by atoms with Crippen LogP contribution in [0.4, 0.5) is 8.78 Å². The van der Waals surface area contributed by atoms with Gasteiger partial charge in [0.15, 0.2) is 37.9 Å². The van der Waals surface area contributed by atoms with Crippen molar-refractivity contribution >= 4 is 11.9 Å². The smallest absolute Gasteiger partial charge is 0.387 e. The first-order chi connectivity index (χ1) is 22.4. The number of esters is 2. The molecule has 20 heteroatoms. The molecule has 0 radical (unpaired) electrons. The summed E-state index contributed by atoms with van der Waals surface area (Å²) in [6.07, 6.45) is 7.27. The van der Waals surface area contributed by atoms with Gasteiger partial charge in [0, 0.05) is 29.8 Å². The molecule has 1 N–H and O–H groups in total. The molecule has 2 aromatic heterocycles. The molecule has 0 saturated carbocycles. The quantitative estimate of drug-likeness (QED) is 0.159. The Hall–Kier alpha value is -4.34. The minimum atomic E-state index is -4.94. The number of carbonyl (C=O) groups excluding carboxylic acids is 2. The van der Waals surface area contributed by atoms with Gasteiger partial charge in [0.05, 0.1) is 42.7 Å². The lowest BCUT2D eigenvalue weighted by molar-refractivity contribution is -2.00. The highest BCUT2D eigenvalue weighted by Gasteiger charge is 2.42. The number of hydrogen-bond donors (Lipinski definition) is 1. The summed E-state index contributed by atoms with van der Waals surface area (Å²) < 4.78 is 113. The van der Waals surface area contributed by atoms with Crippen molar-refractivity contribution in [3.05, 3.63) is 114 Å². The first kappa shape index (κ1) is 39.8. The highest BCUT2D eigenvalue weighted by Crippen LogP contribution is 2.43. The highest BCUT2D eigenvalue weighted by molar-refractivity contribution is 6.00. The SMILES string of the molecule is COC(=O)C1=C(C[n+]2ccccc2)NC(C[n+]2ccccc2)=C(C(=O)OC)C1c1ccccc1OC(F)F.[O-][Cl+3]([O-])([O-])[O-].[O-][Cl+3]([O-])([O-])[O-]. The van der Waals surface area contributed by atoms with Crippen LogP contribution in [0.3, 0.4) is 0 Å². The summed E-state index contributed by atoms with van der Waals surface area (Å²) in [5.41, 5.74) is 1.22. The predicted octanol–water partition coefficient (Wildman–Crippen LogP) is -6.71. The molecule has 3 heterocycles. The molecule has 16 nitrogen and oxygen atoms in total. The summed E-state index contributed by atoms with van der Waals surface area (Å²) in [4.78, 5) is 26.6. The van der Waals surface area contributed by atoms with Crippen LogP contribution >= 0.6 is 0 Å². The number of ether oxygens (including phenoxy) is 3. The maximum absolute atomic E-state index is 13.4. The Labute approximate surface area is 275 Å². The maximum atomic E-state index is 13.4. The zero-order valence-corrected chi connectivity index (χ0v) is 26.4. The Kier molecular flexibility index (Phi) is 15.2. The Balaban J connectivity index is 0.000000700. The Bertz CT molecular complexity index is 1470. The molecule has 0 spiro atoms. The second kappa shape index (κ2) is 18.3. The average Bonchev–Trinajstić information content (AvgIpc) is 2.99. The number of rotatable bonds is 9. The van der Waals surface area contributed by atoms with Gasteiger partial charge in [0.1, 0.15) is 5.75 Å². The number of benzene rings is 1. The summed E-state index contributed by atoms with van der Waals surface area (Å²) in [7, 11) is -7.45. The molecular weight excluding hydrogens is 695 g/mol. The van der Waals surface area contributed by atoms with Gasteiger partial charge in [0.25, 0.3) is 0 Å². The van der Waals surface area contributed by atoms with Crippen LogP contribution in [0, 0.1) is 20.5 Å². The number of nitrogens with zero attached hydrogens (tertiary/aromatic N) is 2. The van der Waals surface area contributed by atoms with Crippen LogP contribution in [0.25, 0.3) is 0 Å². The molecular formula is C28H27Cl2F2N3O13. The summed E-state index contributed by atoms with van der Waals surface area (Å²) in [6.45, 7) is -2.71. The summed E-state index contributed by atoms with van der Waals surface area (Å²) in [5, 5.41) is 3.27. The van der Waals surface area contributed by atoms with E-state index in [1.165, 1.54) is 26.4 Å². The first-order valence-corrected chi connectivity index (χ1v) is 15.4. The molecule has 3 aromatic rings. The van der Waals surface area contributed by atoms with Crippen LogP contribution in [-0.2, 0) is 32.2 Å². The van der Waals surface area contributed by atoms with E-state index in [-0.39, 0.29) is 35.5 Å². The van der Waals surface area contributed by atoms with Crippen LogP contribution < -0.4 is 56.5 Å². The molecule has 1 aliphatic rings. The molecule has 0 atom stereocenters. The number of pyridine rings is 2. The van der Waals surface area contributed by atoms with Crippen LogP contribution in [-0.4, -0.2) is 32.8 Å². The first-order valence-electron chi connectivity index (χ1n) is 13.0. The van der Waals surface area contributed by atoms with E-state index in [1.54, 1.807) is 12.1 Å². The van der Waals surface area contributed by atoms with Crippen molar-refractivity contribution in [1.29, 1.82) is 0 Å². The van der Waals surface area contributed by atoms with E-state index in [9.17, 15) is 18.4 Å². The standard InChI is InChI=1S/C28H26F2N3O5.2ClHO4/c1-36-26(34)24-20(17-32-13-7-3-8-14-32)31-21(18-33-15-9-4-10-16-33)25(27(35)37-2)23(24)19-11-5-6-12-22(19)38-28(29)30;2*2-1(3,4)5/h3-16,23,28H,17-18H2,1-2H3;2*(H,2,3,4,5)/q+1;;/p-1. The van der Waals surface area contributed by atoms with Gasteiger partial charge in [-0.2, -0.15) is 17.9 Å². The number of aromatic nitrogens is 2. The number of allylic oxidation sites excluding steroid dienone is 2. The molecule has 1 aromatic carbocycles. The van der Waals surface area contributed by atoms with Crippen molar-refractivity contribution in [1.82, 2.24) is 5.32 Å². The van der Waals surface area contributed by atoms with E-state index in [0.29, 0.717) is 11.4 Å². The molecule has 1 aliphatic heterocycles. The number of carbonyl (C=O) groups is 2. The van der Waals surface area contributed by atoms with Crippen molar-refractivity contribution in [3.63, 3.8) is 0 Å². The molecule has 0 amide bonds. The number of methoxy groups -OCH3 is 2. The summed E-state index contributed by atoms with van der Waals surface area (Å²) in [5.74, 6) is -2.75. The molecule has 0 fully saturated rings. The fourth-order valence-electron chi connectivity index (χ4n) is 4.44. The second-order valence-electron chi connectivity index (χ2n) is 9.09. The van der Waals surface area contributed by atoms with Crippen LogP contribution in [0.1, 0.15) is 11.5 Å². The van der Waals surface area contributed by atoms with Crippen molar-refractivity contribution in [3.8, 4) is 5.75 Å². The van der Waals surface area contributed by atoms with Gasteiger partial charge >= 0.3 is 18.6 Å². The van der Waals surface area contributed by atoms with E-state index in [4.69, 9.17) is 51.5 Å². The maximum Gasteiger partial charge on any atom is 0.387 e. The monoisotopic (exact) mass is 721 g/mol. The third-order valence-corrected chi connectivity index (χ3v) is 6.02. The number of nitrogens with one attached hydrogen (secondary N) is 1. The minimum absolute atomic E-state index is 0.0800. The summed E-state index contributed by atoms with van der Waals surface area (Å²) in [6, 6.07) is 17.1. The van der Waals surface area contributed by atoms with Gasteiger partial charge in [-0.25, -0.2) is 46.9 Å². The Morgan fingerprint density at radius 1 is 0.708 bits per heavy atom. The van der Waals surface area contributed by atoms with Crippen LogP contribution in [0.15, 0.2) is 108 Å². The number of hydrogen-bond acceptors (Lipinski definition) is 14. The summed E-state index contributed by atoms with van der Waals surface area (Å²) >= 11 is 0. The van der Waals surface area contributed by atoms with Gasteiger partial charge in [-0.3, -0.25) is 0 Å². The van der Waals surface area contributed by atoms with Crippen molar-refractivity contribution < 1.29 is 99.5 Å². The van der Waals surface area contributed by atoms with Crippen LogP contribution in [0.5, 0.6) is 5.75 Å². The topological polar surface area (TPSA) is 266 Å². The number of dihydropyridines is 1. The van der Waals surface area contributed by atoms with Crippen molar-refractivity contribution in [2.75, 3.05) is 14.2 Å². The number of alkyl halides is 2. The Morgan fingerprint density at radius 2 is 1.08 bits per heavy atom. The predicted molar refractivity (Wildman–Crippen MR) is 130 cm³/mol. The van der Waals surface area contributed by atoms with Gasteiger partial charge < -0.3 is 19.5 Å². The number of halogens is 4. The molecule has 260 valence electrons. The molecule has 0 aliphatic carbocycles. The van der Waals surface area contributed by atoms with E-state index in [2.05, 4.69) is 5.32 Å². The largest absolute Gasteiger partial charge is 0.466 e. The number of para-hydroxylation sites is 1. The fourth-order valence-corrected chi connectivity index (χ4v) is 4.44. The zero-order chi connectivity index (χ0) is 36.1. The van der Waals surface area contributed by atoms with Crippen molar-refractivity contribution in [2.24, 2.45) is 0 Å². The third-order valence-electron chi connectivity index (χ3n) is 6.02. The lowest BCUT2D eigenvalue weighted by atomic mass is 9.79. The average molecular weight is 722 g/mol. The molecule has 0 saturated heterocycles. The van der Waals surface area contributed by atoms with Gasteiger partial charge in [-0.05, 0) is 6.07 Å². The lowest BCUT2D eigenvalue weighted by Gasteiger charge is -2.31. The minimum Gasteiger partial charge on any atom is -0.466 e. The second-order valence-corrected chi connectivity index (χ2v) is 10.6. The normalized spacial score (nSPS) is 13.4. The van der Waals surface area contributed by atoms with Crippen LogP contribution in [0.2, 0.25) is 0 Å². The zero-order valence-electron chi connectivity index (χ0n) is 24.9. The lowest BCUT2D eigenvalue weighted by Crippen LogP contribution is -2.68. The molecule has 4 rings (SSSR count). The van der Waals surface area contributed by atoms with Gasteiger partial charge in [0.2, 0.25) is 0 Å². The van der Waals surface area contributed by atoms with Gasteiger partial charge in [-0.15, -0.1) is 20.5 Å². The highest BCUT2D eigenvalue weighted by atomic mass is 35.7.